The van der Waals surface area contributed by atoms with Gasteiger partial charge in [0, 0.05) is 37.8 Å². The van der Waals surface area contributed by atoms with Gasteiger partial charge in [0.25, 0.3) is 5.88 Å². The molecule has 0 bridgehead atoms. The quantitative estimate of drug-likeness (QED) is 0.548. The Balaban J connectivity index is 1.47. The van der Waals surface area contributed by atoms with Gasteiger partial charge in [-0.2, -0.15) is 0 Å². The number of aromatic nitrogens is 1. The molecule has 3 heterocycles. The topological polar surface area (TPSA) is 108 Å². The van der Waals surface area contributed by atoms with Crippen molar-refractivity contribution < 1.29 is 32.2 Å². The molecule has 11 heteroatoms. The van der Waals surface area contributed by atoms with E-state index in [4.69, 9.17) is 18.9 Å². The molecule has 10 nitrogen and oxygen atoms in total. The molecule has 1 amide bonds. The van der Waals surface area contributed by atoms with Gasteiger partial charge >= 0.3 is 0 Å². The third-order valence-corrected chi connectivity index (χ3v) is 6.76. The molecular formula is C23H29N3O7S. The van der Waals surface area contributed by atoms with Gasteiger partial charge in [-0.05, 0) is 12.1 Å². The number of methoxy groups -OCH3 is 2. The lowest BCUT2D eigenvalue weighted by Crippen LogP contribution is -2.32. The van der Waals surface area contributed by atoms with Crippen molar-refractivity contribution in [1.29, 1.82) is 0 Å². The van der Waals surface area contributed by atoms with E-state index in [2.05, 4.69) is 9.88 Å². The summed E-state index contributed by atoms with van der Waals surface area (Å²) in [5, 5.41) is 0. The fraction of sp³-hybridized carbons (Fsp3) is 0.478. The van der Waals surface area contributed by atoms with Crippen LogP contribution in [-0.4, -0.2) is 82.8 Å². The predicted molar refractivity (Wildman–Crippen MR) is 126 cm³/mol. The zero-order chi connectivity index (χ0) is 24.3. The van der Waals surface area contributed by atoms with Crippen LogP contribution < -0.4 is 23.8 Å². The van der Waals surface area contributed by atoms with Crippen LogP contribution in [0.5, 0.6) is 23.1 Å². The largest absolute Gasteiger partial charge is 0.491 e. The summed E-state index contributed by atoms with van der Waals surface area (Å²) in [6.07, 6.45) is 3.37. The van der Waals surface area contributed by atoms with E-state index >= 15 is 0 Å². The molecule has 1 fully saturated rings. The van der Waals surface area contributed by atoms with Gasteiger partial charge in [0.2, 0.25) is 5.91 Å². The van der Waals surface area contributed by atoms with E-state index in [0.717, 1.165) is 23.4 Å². The van der Waals surface area contributed by atoms with Gasteiger partial charge in [0.1, 0.15) is 34.0 Å². The van der Waals surface area contributed by atoms with Crippen molar-refractivity contribution >= 4 is 27.1 Å². The van der Waals surface area contributed by atoms with Crippen molar-refractivity contribution in [2.75, 3.05) is 57.4 Å². The average molecular weight is 492 g/mol. The molecule has 0 spiro atoms. The van der Waals surface area contributed by atoms with E-state index in [1.807, 2.05) is 24.3 Å². The highest BCUT2D eigenvalue weighted by Gasteiger charge is 2.29. The Labute approximate surface area is 199 Å². The third-order valence-electron chi connectivity index (χ3n) is 5.81. The lowest BCUT2D eigenvalue weighted by atomic mass is 10.2. The summed E-state index contributed by atoms with van der Waals surface area (Å²) >= 11 is 0. The van der Waals surface area contributed by atoms with Gasteiger partial charge in [-0.3, -0.25) is 4.79 Å². The maximum atomic E-state index is 12.3. The van der Waals surface area contributed by atoms with Gasteiger partial charge in [-0.15, -0.1) is 0 Å². The summed E-state index contributed by atoms with van der Waals surface area (Å²) in [5.74, 6) is 2.04. The standard InChI is InChI=1S/C23H29N3O7S/c1-30-21-12-16(14-24-23(21)31-2)26-9-10-32-20-5-4-17(13-19(20)26)33-18-6-8-25(15-18)22(27)7-11-34(3,28)29/h4-5,12-14,18H,6-11,15H2,1-3H3/t18-/m0/s1. The Morgan fingerprint density at radius 2 is 2.03 bits per heavy atom. The van der Waals surface area contributed by atoms with Crippen LogP contribution in [0.15, 0.2) is 30.5 Å². The maximum Gasteiger partial charge on any atom is 0.256 e. The monoisotopic (exact) mass is 491 g/mol. The highest BCUT2D eigenvalue weighted by Crippen LogP contribution is 2.41. The van der Waals surface area contributed by atoms with Crippen molar-refractivity contribution in [2.24, 2.45) is 0 Å². The summed E-state index contributed by atoms with van der Waals surface area (Å²) in [7, 11) is -0.0588. The second kappa shape index (κ2) is 9.96. The lowest BCUT2D eigenvalue weighted by Gasteiger charge is -2.31. The molecule has 184 valence electrons. The van der Waals surface area contributed by atoms with E-state index in [1.54, 1.807) is 25.3 Å². The molecule has 0 N–H and O–H groups in total. The Bertz CT molecular complexity index is 1160. The number of hydrogen-bond acceptors (Lipinski definition) is 9. The highest BCUT2D eigenvalue weighted by atomic mass is 32.2. The maximum absolute atomic E-state index is 12.3. The number of pyridine rings is 1. The molecule has 0 radical (unpaired) electrons. The lowest BCUT2D eigenvalue weighted by molar-refractivity contribution is -0.130. The third kappa shape index (κ3) is 5.46. The number of ether oxygens (including phenoxy) is 4. The number of hydrogen-bond donors (Lipinski definition) is 0. The number of benzene rings is 1. The smallest absolute Gasteiger partial charge is 0.256 e. The second-order valence-corrected chi connectivity index (χ2v) is 10.5. The van der Waals surface area contributed by atoms with Crippen LogP contribution in [0, 0.1) is 0 Å². The molecule has 2 aliphatic heterocycles. The summed E-state index contributed by atoms with van der Waals surface area (Å²) < 4.78 is 45.3. The van der Waals surface area contributed by atoms with E-state index in [9.17, 15) is 13.2 Å². The molecule has 0 unspecified atom stereocenters. The summed E-state index contributed by atoms with van der Waals surface area (Å²) in [6, 6.07) is 7.50. The zero-order valence-electron chi connectivity index (χ0n) is 19.5. The van der Waals surface area contributed by atoms with Gasteiger partial charge in [0.05, 0.1) is 50.6 Å². The second-order valence-electron chi connectivity index (χ2n) is 8.28. The number of amides is 1. The molecular weight excluding hydrogens is 462 g/mol. The van der Waals surface area contributed by atoms with Crippen LogP contribution in [0.4, 0.5) is 11.4 Å². The number of fused-ring (bicyclic) bond motifs is 1. The number of likely N-dealkylation sites (tertiary alicyclic amines) is 1. The first kappa shape index (κ1) is 23.9. The molecule has 34 heavy (non-hydrogen) atoms. The van der Waals surface area contributed by atoms with Crippen molar-refractivity contribution in [2.45, 2.75) is 18.9 Å². The van der Waals surface area contributed by atoms with Crippen LogP contribution in [0.3, 0.4) is 0 Å². The number of anilines is 2. The van der Waals surface area contributed by atoms with Crippen molar-refractivity contribution in [3.8, 4) is 23.1 Å². The first-order valence-electron chi connectivity index (χ1n) is 11.0. The Morgan fingerprint density at radius 1 is 1.21 bits per heavy atom. The van der Waals surface area contributed by atoms with Crippen LogP contribution in [0.2, 0.25) is 0 Å². The Morgan fingerprint density at radius 3 is 2.76 bits per heavy atom. The highest BCUT2D eigenvalue weighted by molar-refractivity contribution is 7.90. The first-order valence-corrected chi connectivity index (χ1v) is 13.1. The molecule has 1 aromatic heterocycles. The van der Waals surface area contributed by atoms with E-state index in [0.29, 0.717) is 50.0 Å². The Hall–Kier alpha value is -3.21. The van der Waals surface area contributed by atoms with Gasteiger partial charge in [-0.1, -0.05) is 0 Å². The number of carbonyl (C=O) groups excluding carboxylic acids is 1. The number of sulfone groups is 1. The van der Waals surface area contributed by atoms with Crippen LogP contribution in [-0.2, 0) is 14.6 Å². The van der Waals surface area contributed by atoms with Crippen molar-refractivity contribution in [3.63, 3.8) is 0 Å². The van der Waals surface area contributed by atoms with Crippen molar-refractivity contribution in [3.05, 3.63) is 30.5 Å². The minimum absolute atomic E-state index is 0.00391. The first-order chi connectivity index (χ1) is 16.3. The minimum Gasteiger partial charge on any atom is -0.491 e. The molecule has 2 aliphatic rings. The van der Waals surface area contributed by atoms with Gasteiger partial charge in [-0.25, -0.2) is 13.4 Å². The summed E-state index contributed by atoms with van der Waals surface area (Å²) in [6.45, 7) is 2.12. The molecule has 1 aromatic carbocycles. The molecule has 2 aromatic rings. The van der Waals surface area contributed by atoms with Crippen LogP contribution >= 0.6 is 0 Å². The predicted octanol–water partition coefficient (Wildman–Crippen LogP) is 2.04. The van der Waals surface area contributed by atoms with E-state index in [-0.39, 0.29) is 24.2 Å². The molecule has 0 saturated carbocycles. The van der Waals surface area contributed by atoms with Crippen LogP contribution in [0.25, 0.3) is 0 Å². The number of nitrogens with zero attached hydrogens (tertiary/aromatic N) is 3. The van der Waals surface area contributed by atoms with Crippen LogP contribution in [0.1, 0.15) is 12.8 Å². The minimum atomic E-state index is -3.17. The molecule has 4 rings (SSSR count). The number of carbonyl (C=O) groups is 1. The average Bonchev–Trinajstić information content (AvgIpc) is 3.29. The normalized spacial score (nSPS) is 17.7. The van der Waals surface area contributed by atoms with Crippen molar-refractivity contribution in [1.82, 2.24) is 9.88 Å². The summed E-state index contributed by atoms with van der Waals surface area (Å²) in [4.78, 5) is 20.4. The zero-order valence-corrected chi connectivity index (χ0v) is 20.3. The molecule has 1 atom stereocenters. The molecule has 0 aliphatic carbocycles. The van der Waals surface area contributed by atoms with Gasteiger partial charge in [0.15, 0.2) is 5.75 Å². The number of rotatable bonds is 8. The van der Waals surface area contributed by atoms with E-state index < -0.39 is 9.84 Å². The summed E-state index contributed by atoms with van der Waals surface area (Å²) in [5.41, 5.74) is 1.68. The Kier molecular flexibility index (Phi) is 7.01. The van der Waals surface area contributed by atoms with E-state index in [1.165, 1.54) is 0 Å². The van der Waals surface area contributed by atoms with Gasteiger partial charge < -0.3 is 28.7 Å². The fourth-order valence-corrected chi connectivity index (χ4v) is 4.63. The SMILES string of the molecule is COc1cc(N2CCOc3ccc(O[C@H]4CCN(C(=O)CCS(C)(=O)=O)C4)cc32)cnc1OC. The molecule has 1 saturated heterocycles. The fourth-order valence-electron chi connectivity index (χ4n) is 4.08.